The molecule has 3 rings (SSSR count). The van der Waals surface area contributed by atoms with E-state index in [4.69, 9.17) is 4.74 Å². The molecule has 0 spiro atoms. The number of piperidine rings is 1. The maximum atomic E-state index is 13.0. The highest BCUT2D eigenvalue weighted by molar-refractivity contribution is 5.82. The van der Waals surface area contributed by atoms with E-state index in [1.165, 1.54) is 17.0 Å². The summed E-state index contributed by atoms with van der Waals surface area (Å²) in [5.74, 6) is 0.190. The highest BCUT2D eigenvalue weighted by Crippen LogP contribution is 2.18. The van der Waals surface area contributed by atoms with E-state index in [2.05, 4.69) is 4.90 Å². The second-order valence-electron chi connectivity index (χ2n) is 7.50. The molecule has 0 aliphatic carbocycles. The molecule has 0 N–H and O–H groups in total. The number of cyclic esters (lactones) is 1. The van der Waals surface area contributed by atoms with Gasteiger partial charge in [0.2, 0.25) is 5.91 Å². The van der Waals surface area contributed by atoms with Gasteiger partial charge in [-0.25, -0.2) is 9.18 Å². The summed E-state index contributed by atoms with van der Waals surface area (Å²) in [7, 11) is 1.81. The van der Waals surface area contributed by atoms with E-state index in [9.17, 15) is 14.0 Å². The first-order chi connectivity index (χ1) is 13.0. The van der Waals surface area contributed by atoms with Crippen molar-refractivity contribution >= 4 is 12.0 Å². The fourth-order valence-electron chi connectivity index (χ4n) is 3.78. The number of nitrogens with zero attached hydrogens (tertiary/aromatic N) is 3. The molecule has 2 saturated heterocycles. The van der Waals surface area contributed by atoms with Crippen LogP contribution in [0.5, 0.6) is 0 Å². The number of hydrogen-bond donors (Lipinski definition) is 0. The topological polar surface area (TPSA) is 53.1 Å². The molecular formula is C20H28FN3O3. The Hall–Kier alpha value is -2.15. The van der Waals surface area contributed by atoms with Gasteiger partial charge >= 0.3 is 6.09 Å². The first kappa shape index (κ1) is 19.6. The summed E-state index contributed by atoms with van der Waals surface area (Å²) in [5, 5.41) is 0. The van der Waals surface area contributed by atoms with Crippen LogP contribution < -0.4 is 0 Å². The number of likely N-dealkylation sites (tertiary alicyclic amines) is 1. The first-order valence-corrected chi connectivity index (χ1v) is 9.64. The predicted molar refractivity (Wildman–Crippen MR) is 99.8 cm³/mol. The molecule has 0 unspecified atom stereocenters. The van der Waals surface area contributed by atoms with Crippen molar-refractivity contribution in [3.05, 3.63) is 35.6 Å². The lowest BCUT2D eigenvalue weighted by atomic mass is 9.97. The predicted octanol–water partition coefficient (Wildman–Crippen LogP) is 1.99. The molecule has 2 heterocycles. The largest absolute Gasteiger partial charge is 0.448 e. The van der Waals surface area contributed by atoms with Gasteiger partial charge in [0.15, 0.2) is 0 Å². The Morgan fingerprint density at radius 3 is 2.78 bits per heavy atom. The van der Waals surface area contributed by atoms with Crippen molar-refractivity contribution in [3.63, 3.8) is 0 Å². The zero-order chi connectivity index (χ0) is 19.2. The number of halogens is 1. The number of likely N-dealkylation sites (N-methyl/N-ethyl adjacent to an activating group) is 1. The van der Waals surface area contributed by atoms with E-state index < -0.39 is 6.09 Å². The van der Waals surface area contributed by atoms with Crippen molar-refractivity contribution in [1.82, 2.24) is 14.7 Å². The summed E-state index contributed by atoms with van der Waals surface area (Å²) in [4.78, 5) is 29.5. The molecule has 6 nitrogen and oxygen atoms in total. The average molecular weight is 377 g/mol. The van der Waals surface area contributed by atoms with Gasteiger partial charge in [-0.15, -0.1) is 0 Å². The van der Waals surface area contributed by atoms with Gasteiger partial charge in [-0.2, -0.15) is 0 Å². The molecule has 0 aromatic heterocycles. The molecule has 1 aromatic rings. The minimum atomic E-state index is -0.401. The molecule has 1 atom stereocenters. The lowest BCUT2D eigenvalue weighted by molar-refractivity contribution is -0.131. The van der Waals surface area contributed by atoms with Crippen LogP contribution in [0.3, 0.4) is 0 Å². The van der Waals surface area contributed by atoms with E-state index in [1.807, 2.05) is 12.1 Å². The minimum absolute atomic E-state index is 0.0442. The van der Waals surface area contributed by atoms with Crippen molar-refractivity contribution < 1.29 is 18.7 Å². The third-order valence-electron chi connectivity index (χ3n) is 5.36. The summed E-state index contributed by atoms with van der Waals surface area (Å²) in [6, 6.07) is 6.69. The first-order valence-electron chi connectivity index (χ1n) is 9.64. The van der Waals surface area contributed by atoms with Gasteiger partial charge in [0.25, 0.3) is 0 Å². The average Bonchev–Trinajstić information content (AvgIpc) is 3.06. The Balaban J connectivity index is 1.42. The maximum absolute atomic E-state index is 13.0. The summed E-state index contributed by atoms with van der Waals surface area (Å²) in [5.41, 5.74) is 1.14. The molecule has 0 radical (unpaired) electrons. The van der Waals surface area contributed by atoms with Crippen molar-refractivity contribution in [2.24, 2.45) is 5.92 Å². The lowest BCUT2D eigenvalue weighted by Crippen LogP contribution is -2.44. The van der Waals surface area contributed by atoms with Crippen LogP contribution in [0.15, 0.2) is 24.3 Å². The Morgan fingerprint density at radius 1 is 1.30 bits per heavy atom. The second-order valence-corrected chi connectivity index (χ2v) is 7.50. The van der Waals surface area contributed by atoms with Crippen molar-refractivity contribution in [1.29, 1.82) is 0 Å². The van der Waals surface area contributed by atoms with Gasteiger partial charge in [0.05, 0.1) is 6.54 Å². The quantitative estimate of drug-likeness (QED) is 0.729. The van der Waals surface area contributed by atoms with Gasteiger partial charge in [0.1, 0.15) is 19.0 Å². The van der Waals surface area contributed by atoms with Crippen LogP contribution in [0.25, 0.3) is 0 Å². The van der Waals surface area contributed by atoms with E-state index >= 15 is 0 Å². The summed E-state index contributed by atoms with van der Waals surface area (Å²) in [6.45, 7) is 4.62. The molecular weight excluding hydrogens is 349 g/mol. The van der Waals surface area contributed by atoms with Crippen LogP contribution >= 0.6 is 0 Å². The van der Waals surface area contributed by atoms with Gasteiger partial charge in [-0.05, 0) is 49.4 Å². The molecule has 1 aromatic carbocycles. The third-order valence-corrected chi connectivity index (χ3v) is 5.36. The number of amides is 2. The van der Waals surface area contributed by atoms with Crippen molar-refractivity contribution in [2.45, 2.75) is 19.3 Å². The Kier molecular flexibility index (Phi) is 6.66. The van der Waals surface area contributed by atoms with Crippen LogP contribution in [-0.4, -0.2) is 79.6 Å². The number of carbonyl (C=O) groups excluding carboxylic acids is 2. The number of ether oxygens (including phenoxy) is 1. The molecule has 148 valence electrons. The van der Waals surface area contributed by atoms with Crippen molar-refractivity contribution in [3.8, 4) is 0 Å². The molecule has 27 heavy (non-hydrogen) atoms. The van der Waals surface area contributed by atoms with E-state index in [-0.39, 0.29) is 18.3 Å². The molecule has 2 amide bonds. The van der Waals surface area contributed by atoms with Gasteiger partial charge in [0, 0.05) is 26.7 Å². The molecule has 7 heteroatoms. The normalized spacial score (nSPS) is 20.6. The van der Waals surface area contributed by atoms with Gasteiger partial charge in [-0.1, -0.05) is 12.1 Å². The summed E-state index contributed by atoms with van der Waals surface area (Å²) in [6.07, 6.45) is 2.73. The van der Waals surface area contributed by atoms with E-state index in [0.717, 1.165) is 44.5 Å². The summed E-state index contributed by atoms with van der Waals surface area (Å²) < 4.78 is 17.9. The lowest BCUT2D eigenvalue weighted by Gasteiger charge is -2.35. The van der Waals surface area contributed by atoms with E-state index in [0.29, 0.717) is 25.6 Å². The summed E-state index contributed by atoms with van der Waals surface area (Å²) >= 11 is 0. The molecule has 0 saturated carbocycles. The Bertz CT molecular complexity index is 652. The standard InChI is InChI=1S/C20H28FN3O3/c1-22(19(25)15-24-11-12-27-20(24)26)13-17-3-2-9-23(14-17)10-8-16-4-6-18(21)7-5-16/h4-7,17H,2-3,8-15H2,1H3/t17-/m0/s1. The zero-order valence-corrected chi connectivity index (χ0v) is 15.9. The maximum Gasteiger partial charge on any atom is 0.410 e. The fraction of sp³-hybridized carbons (Fsp3) is 0.600. The van der Waals surface area contributed by atoms with Crippen LogP contribution in [0, 0.1) is 11.7 Å². The van der Waals surface area contributed by atoms with Gasteiger partial charge in [-0.3, -0.25) is 9.69 Å². The third kappa shape index (κ3) is 5.66. The van der Waals surface area contributed by atoms with Crippen molar-refractivity contribution in [2.75, 3.05) is 52.9 Å². The Labute approximate surface area is 159 Å². The fourth-order valence-corrected chi connectivity index (χ4v) is 3.78. The van der Waals surface area contributed by atoms with Crippen LogP contribution in [0.2, 0.25) is 0 Å². The second kappa shape index (κ2) is 9.17. The minimum Gasteiger partial charge on any atom is -0.448 e. The van der Waals surface area contributed by atoms with Crippen LogP contribution in [-0.2, 0) is 16.0 Å². The van der Waals surface area contributed by atoms with Crippen LogP contribution in [0.4, 0.5) is 9.18 Å². The molecule has 2 aliphatic rings. The number of carbonyl (C=O) groups is 2. The Morgan fingerprint density at radius 2 is 2.07 bits per heavy atom. The number of rotatable bonds is 7. The number of hydrogen-bond acceptors (Lipinski definition) is 4. The molecule has 2 fully saturated rings. The monoisotopic (exact) mass is 377 g/mol. The zero-order valence-electron chi connectivity index (χ0n) is 15.9. The smallest absolute Gasteiger partial charge is 0.410 e. The van der Waals surface area contributed by atoms with Crippen LogP contribution in [0.1, 0.15) is 18.4 Å². The molecule has 0 bridgehead atoms. The SMILES string of the molecule is CN(C[C@@H]1CCCN(CCc2ccc(F)cc2)C1)C(=O)CN1CCOC1=O. The highest BCUT2D eigenvalue weighted by atomic mass is 19.1. The highest BCUT2D eigenvalue weighted by Gasteiger charge is 2.27. The molecule has 2 aliphatic heterocycles. The number of benzene rings is 1. The van der Waals surface area contributed by atoms with Gasteiger partial charge < -0.3 is 14.5 Å². The van der Waals surface area contributed by atoms with E-state index in [1.54, 1.807) is 11.9 Å².